The number of imidazole rings is 1. The normalized spacial score (nSPS) is 26.6. The molecule has 144 valence electrons. The lowest BCUT2D eigenvalue weighted by Gasteiger charge is -2.16. The summed E-state index contributed by atoms with van der Waals surface area (Å²) in [6, 6.07) is 0. The lowest BCUT2D eigenvalue weighted by Crippen LogP contribution is -2.36. The molecule has 13 heteroatoms. The Morgan fingerprint density at radius 1 is 1.35 bits per heavy atom. The molecular formula is C13H20N6O6S. The highest BCUT2D eigenvalue weighted by atomic mass is 32.2. The van der Waals surface area contributed by atoms with Gasteiger partial charge in [-0.25, -0.2) is 15.0 Å². The summed E-state index contributed by atoms with van der Waals surface area (Å²) in [6.45, 7) is 1.57. The molecular weight excluding hydrogens is 368 g/mol. The number of aliphatic hydroxyl groups excluding tert-OH is 2. The Morgan fingerprint density at radius 3 is 2.85 bits per heavy atom. The van der Waals surface area contributed by atoms with Crippen LogP contribution in [0.2, 0.25) is 0 Å². The predicted molar refractivity (Wildman–Crippen MR) is 88.8 cm³/mol. The van der Waals surface area contributed by atoms with Crippen LogP contribution in [0.25, 0.3) is 11.2 Å². The molecule has 0 aromatic carbocycles. The number of anilines is 1. The van der Waals surface area contributed by atoms with Gasteiger partial charge in [0.2, 0.25) is 0 Å². The molecule has 5 N–H and O–H groups in total. The lowest BCUT2D eigenvalue weighted by atomic mass is 10.1. The molecule has 1 aliphatic heterocycles. The quantitative estimate of drug-likeness (QED) is 0.427. The van der Waals surface area contributed by atoms with E-state index in [-0.39, 0.29) is 12.4 Å². The molecule has 4 atom stereocenters. The third kappa shape index (κ3) is 3.62. The number of aliphatic hydroxyl groups is 2. The summed E-state index contributed by atoms with van der Waals surface area (Å²) in [4.78, 5) is 11.9. The Morgan fingerprint density at radius 2 is 2.12 bits per heavy atom. The number of nitrogen functional groups attached to an aromatic ring is 1. The van der Waals surface area contributed by atoms with Gasteiger partial charge in [0.05, 0.1) is 12.9 Å². The number of rotatable bonds is 7. The summed E-state index contributed by atoms with van der Waals surface area (Å²) < 4.78 is 37.4. The first kappa shape index (κ1) is 18.9. The second-order valence-corrected chi connectivity index (χ2v) is 7.19. The SMILES string of the molecule is CCCNS(=O)(=O)OC[C@H]1O[C@@H](n2cnc3c(N)ncnc32)[C@H](O)[C@@H]1O. The fourth-order valence-corrected chi connectivity index (χ4v) is 3.43. The summed E-state index contributed by atoms with van der Waals surface area (Å²) in [7, 11) is -3.96. The predicted octanol–water partition coefficient (Wildman–Crippen LogP) is -1.71. The van der Waals surface area contributed by atoms with Crippen LogP contribution in [0, 0.1) is 0 Å². The monoisotopic (exact) mass is 388 g/mol. The van der Waals surface area contributed by atoms with Crippen LogP contribution in [0.4, 0.5) is 5.82 Å². The molecule has 0 unspecified atom stereocenters. The van der Waals surface area contributed by atoms with E-state index in [2.05, 4.69) is 19.7 Å². The lowest BCUT2D eigenvalue weighted by molar-refractivity contribution is -0.0469. The first-order valence-electron chi connectivity index (χ1n) is 7.92. The van der Waals surface area contributed by atoms with Gasteiger partial charge in [-0.15, -0.1) is 0 Å². The molecule has 3 heterocycles. The molecule has 12 nitrogen and oxygen atoms in total. The number of nitrogens with two attached hydrogens (primary N) is 1. The van der Waals surface area contributed by atoms with Gasteiger partial charge in [-0.1, -0.05) is 6.92 Å². The fourth-order valence-electron chi connectivity index (χ4n) is 2.58. The Kier molecular flexibility index (Phi) is 5.36. The molecule has 0 aliphatic carbocycles. The van der Waals surface area contributed by atoms with Crippen LogP contribution in [-0.2, 0) is 19.2 Å². The molecule has 1 fully saturated rings. The van der Waals surface area contributed by atoms with E-state index in [1.54, 1.807) is 6.92 Å². The first-order chi connectivity index (χ1) is 12.3. The molecule has 1 aliphatic rings. The molecule has 2 aromatic heterocycles. The number of aromatic nitrogens is 4. The van der Waals surface area contributed by atoms with Crippen LogP contribution in [0.3, 0.4) is 0 Å². The van der Waals surface area contributed by atoms with E-state index in [4.69, 9.17) is 14.7 Å². The third-order valence-electron chi connectivity index (χ3n) is 3.91. The van der Waals surface area contributed by atoms with E-state index < -0.39 is 41.5 Å². The van der Waals surface area contributed by atoms with Crippen molar-refractivity contribution >= 4 is 27.3 Å². The fraction of sp³-hybridized carbons (Fsp3) is 0.615. The molecule has 26 heavy (non-hydrogen) atoms. The summed E-state index contributed by atoms with van der Waals surface area (Å²) in [5, 5.41) is 20.4. The molecule has 0 saturated carbocycles. The van der Waals surface area contributed by atoms with Crippen LogP contribution >= 0.6 is 0 Å². The summed E-state index contributed by atoms with van der Waals surface area (Å²) >= 11 is 0. The number of hydrogen-bond acceptors (Lipinski definition) is 10. The van der Waals surface area contributed by atoms with Crippen LogP contribution < -0.4 is 10.5 Å². The van der Waals surface area contributed by atoms with Gasteiger partial charge in [-0.05, 0) is 6.42 Å². The van der Waals surface area contributed by atoms with Gasteiger partial charge < -0.3 is 20.7 Å². The number of fused-ring (bicyclic) bond motifs is 1. The van der Waals surface area contributed by atoms with Crippen molar-refractivity contribution in [3.8, 4) is 0 Å². The molecule has 2 aromatic rings. The van der Waals surface area contributed by atoms with E-state index in [1.165, 1.54) is 17.2 Å². The smallest absolute Gasteiger partial charge is 0.335 e. The standard InChI is InChI=1S/C13H20N6O6S/c1-2-3-18-26(22,23)24-4-7-9(20)10(21)13(25-7)19-6-17-8-11(14)15-5-16-12(8)19/h5-7,9-10,13,18,20-21H,2-4H2,1H3,(H2,14,15,16)/t7-,9-,10-,13-/m1/s1. The van der Waals surface area contributed by atoms with Crippen molar-refractivity contribution in [2.45, 2.75) is 37.9 Å². The van der Waals surface area contributed by atoms with Crippen LogP contribution in [0.5, 0.6) is 0 Å². The summed E-state index contributed by atoms with van der Waals surface area (Å²) in [5.74, 6) is 0.162. The minimum Gasteiger partial charge on any atom is -0.387 e. The zero-order chi connectivity index (χ0) is 18.9. The highest BCUT2D eigenvalue weighted by Crippen LogP contribution is 2.32. The second-order valence-electron chi connectivity index (χ2n) is 5.76. The van der Waals surface area contributed by atoms with Crippen molar-refractivity contribution in [3.05, 3.63) is 12.7 Å². The van der Waals surface area contributed by atoms with E-state index in [0.717, 1.165) is 0 Å². The van der Waals surface area contributed by atoms with Gasteiger partial charge in [-0.3, -0.25) is 8.75 Å². The van der Waals surface area contributed by atoms with E-state index in [9.17, 15) is 18.6 Å². The zero-order valence-corrected chi connectivity index (χ0v) is 14.7. The molecule has 0 bridgehead atoms. The minimum atomic E-state index is -3.96. The Bertz CT molecular complexity index is 873. The second kappa shape index (κ2) is 7.38. The van der Waals surface area contributed by atoms with Crippen molar-refractivity contribution < 1.29 is 27.6 Å². The first-order valence-corrected chi connectivity index (χ1v) is 9.33. The number of nitrogens with zero attached hydrogens (tertiary/aromatic N) is 4. The molecule has 3 rings (SSSR count). The number of hydrogen-bond donors (Lipinski definition) is 4. The van der Waals surface area contributed by atoms with Gasteiger partial charge in [0.15, 0.2) is 17.7 Å². The zero-order valence-electron chi connectivity index (χ0n) is 13.9. The summed E-state index contributed by atoms with van der Waals surface area (Å²) in [5.41, 5.74) is 6.36. The Labute approximate surface area is 149 Å². The van der Waals surface area contributed by atoms with Gasteiger partial charge in [-0.2, -0.15) is 13.1 Å². The molecule has 0 radical (unpaired) electrons. The average molecular weight is 388 g/mol. The van der Waals surface area contributed by atoms with E-state index in [0.29, 0.717) is 17.6 Å². The minimum absolute atomic E-state index is 0.162. The average Bonchev–Trinajstić information content (AvgIpc) is 3.15. The van der Waals surface area contributed by atoms with Crippen LogP contribution in [0.15, 0.2) is 12.7 Å². The van der Waals surface area contributed by atoms with Crippen molar-refractivity contribution in [2.24, 2.45) is 0 Å². The topological polar surface area (TPSA) is 175 Å². The summed E-state index contributed by atoms with van der Waals surface area (Å²) in [6.07, 6.45) is -1.63. The van der Waals surface area contributed by atoms with E-state index in [1.807, 2.05) is 0 Å². The van der Waals surface area contributed by atoms with Crippen LogP contribution in [0.1, 0.15) is 19.6 Å². The van der Waals surface area contributed by atoms with E-state index >= 15 is 0 Å². The maximum Gasteiger partial charge on any atom is 0.335 e. The number of ether oxygens (including phenoxy) is 1. The van der Waals surface area contributed by atoms with Crippen LogP contribution in [-0.4, -0.2) is 69.6 Å². The van der Waals surface area contributed by atoms with Crippen molar-refractivity contribution in [3.63, 3.8) is 0 Å². The highest BCUT2D eigenvalue weighted by Gasteiger charge is 2.45. The molecule has 0 spiro atoms. The molecule has 1 saturated heterocycles. The van der Waals surface area contributed by atoms with Gasteiger partial charge in [0.1, 0.15) is 30.2 Å². The van der Waals surface area contributed by atoms with Gasteiger partial charge in [0.25, 0.3) is 0 Å². The maximum absolute atomic E-state index is 11.7. The van der Waals surface area contributed by atoms with Gasteiger partial charge in [0, 0.05) is 6.54 Å². The van der Waals surface area contributed by atoms with Crippen molar-refractivity contribution in [1.82, 2.24) is 24.2 Å². The van der Waals surface area contributed by atoms with Gasteiger partial charge >= 0.3 is 10.3 Å². The largest absolute Gasteiger partial charge is 0.387 e. The third-order valence-corrected chi connectivity index (χ3v) is 4.92. The number of nitrogens with one attached hydrogen (secondary N) is 1. The Hall–Kier alpha value is -1.90. The molecule has 0 amide bonds. The maximum atomic E-state index is 11.7. The van der Waals surface area contributed by atoms with Crippen molar-refractivity contribution in [2.75, 3.05) is 18.9 Å². The highest BCUT2D eigenvalue weighted by molar-refractivity contribution is 7.84. The Balaban J connectivity index is 1.74. The van der Waals surface area contributed by atoms with Crippen molar-refractivity contribution in [1.29, 1.82) is 0 Å².